The highest BCUT2D eigenvalue weighted by Gasteiger charge is 2.29. The number of nitrogens with zero attached hydrogens (tertiary/aromatic N) is 4. The van der Waals surface area contributed by atoms with Gasteiger partial charge in [-0.25, -0.2) is 18.2 Å². The van der Waals surface area contributed by atoms with Crippen molar-refractivity contribution in [3.8, 4) is 10.6 Å². The summed E-state index contributed by atoms with van der Waals surface area (Å²) < 4.78 is 43.7. The second-order valence-electron chi connectivity index (χ2n) is 7.29. The van der Waals surface area contributed by atoms with Gasteiger partial charge in [0.1, 0.15) is 33.5 Å². The highest BCUT2D eigenvalue weighted by molar-refractivity contribution is 7.19. The Kier molecular flexibility index (Phi) is 5.58. The van der Waals surface area contributed by atoms with E-state index in [-0.39, 0.29) is 40.3 Å². The summed E-state index contributed by atoms with van der Waals surface area (Å²) in [7, 11) is 1.66. The van der Waals surface area contributed by atoms with Crippen molar-refractivity contribution in [1.29, 1.82) is 0 Å². The normalized spacial score (nSPS) is 18.9. The minimum atomic E-state index is -1.10. The summed E-state index contributed by atoms with van der Waals surface area (Å²) in [4.78, 5) is 18.6. The Labute approximate surface area is 179 Å². The number of amides is 1. The number of hydrogen-bond acceptors (Lipinski definition) is 7. The summed E-state index contributed by atoms with van der Waals surface area (Å²) in [5.74, 6) is -1.81. The molecule has 0 aliphatic carbocycles. The summed E-state index contributed by atoms with van der Waals surface area (Å²) in [5, 5.41) is 6.75. The first kappa shape index (κ1) is 21.1. The van der Waals surface area contributed by atoms with Crippen LogP contribution in [0.1, 0.15) is 16.9 Å². The van der Waals surface area contributed by atoms with Crippen molar-refractivity contribution in [2.24, 2.45) is 12.8 Å². The number of carbonyl (C=O) groups excluding carboxylic acids is 1. The molecule has 0 spiro atoms. The molecule has 3 heterocycles. The first-order valence-electron chi connectivity index (χ1n) is 9.43. The van der Waals surface area contributed by atoms with Crippen LogP contribution in [0.25, 0.3) is 10.6 Å². The maximum atomic E-state index is 14.1. The lowest BCUT2D eigenvalue weighted by Gasteiger charge is -2.34. The molecular formula is C19H20F3N7OS. The van der Waals surface area contributed by atoms with Gasteiger partial charge in [0.25, 0.3) is 5.91 Å². The number of aromatic nitrogens is 3. The summed E-state index contributed by atoms with van der Waals surface area (Å²) in [5.41, 5.74) is 11.6. The molecule has 1 aliphatic rings. The summed E-state index contributed by atoms with van der Waals surface area (Å²) in [6, 6.07) is 3.07. The molecule has 0 unspecified atom stereocenters. The van der Waals surface area contributed by atoms with Gasteiger partial charge in [-0.05, 0) is 18.6 Å². The van der Waals surface area contributed by atoms with Crippen molar-refractivity contribution in [3.05, 3.63) is 41.7 Å². The average molecular weight is 451 g/mol. The molecule has 0 bridgehead atoms. The third kappa shape index (κ3) is 4.08. The van der Waals surface area contributed by atoms with Crippen LogP contribution < -0.4 is 21.7 Å². The van der Waals surface area contributed by atoms with E-state index in [1.54, 1.807) is 11.9 Å². The van der Waals surface area contributed by atoms with Gasteiger partial charge in [0.2, 0.25) is 0 Å². The largest absolute Gasteiger partial charge is 0.389 e. The van der Waals surface area contributed by atoms with Crippen LogP contribution >= 0.6 is 11.3 Å². The third-order valence-electron chi connectivity index (χ3n) is 4.93. The van der Waals surface area contributed by atoms with Gasteiger partial charge in [-0.1, -0.05) is 17.4 Å². The SMILES string of the molecule is Cn1ncc(NC(=O)c2nc(-c3c(F)cccc3F)sc2N)c1N1C[C@@H](N)C[C@@H](F)C1. The van der Waals surface area contributed by atoms with E-state index in [1.807, 2.05) is 0 Å². The zero-order valence-electron chi connectivity index (χ0n) is 16.5. The summed E-state index contributed by atoms with van der Waals surface area (Å²) in [6.07, 6.45) is 0.580. The zero-order chi connectivity index (χ0) is 22.3. The Hall–Kier alpha value is -3.12. The number of carbonyl (C=O) groups is 1. The van der Waals surface area contributed by atoms with Crippen molar-refractivity contribution in [1.82, 2.24) is 14.8 Å². The number of thiazole rings is 1. The molecule has 5 N–H and O–H groups in total. The molecule has 0 radical (unpaired) electrons. The number of alkyl halides is 1. The number of nitrogen functional groups attached to an aromatic ring is 1. The van der Waals surface area contributed by atoms with E-state index in [0.29, 0.717) is 18.1 Å². The van der Waals surface area contributed by atoms with Crippen LogP contribution in [0.3, 0.4) is 0 Å². The van der Waals surface area contributed by atoms with Crippen molar-refractivity contribution in [2.45, 2.75) is 18.6 Å². The van der Waals surface area contributed by atoms with E-state index in [9.17, 15) is 18.0 Å². The van der Waals surface area contributed by atoms with E-state index in [0.717, 1.165) is 23.5 Å². The predicted octanol–water partition coefficient (Wildman–Crippen LogP) is 2.53. The first-order valence-corrected chi connectivity index (χ1v) is 10.2. The van der Waals surface area contributed by atoms with Crippen molar-refractivity contribution in [2.75, 3.05) is 29.0 Å². The van der Waals surface area contributed by atoms with E-state index in [1.165, 1.54) is 16.9 Å². The monoisotopic (exact) mass is 451 g/mol. The van der Waals surface area contributed by atoms with Gasteiger partial charge in [0, 0.05) is 19.6 Å². The Balaban J connectivity index is 1.61. The van der Waals surface area contributed by atoms with Gasteiger partial charge in [0.05, 0.1) is 18.3 Å². The van der Waals surface area contributed by atoms with Crippen LogP contribution in [0.2, 0.25) is 0 Å². The number of halogens is 3. The van der Waals surface area contributed by atoms with Crippen molar-refractivity contribution >= 4 is 33.8 Å². The molecular weight excluding hydrogens is 431 g/mol. The molecule has 1 saturated heterocycles. The second-order valence-corrected chi connectivity index (χ2v) is 8.32. The Morgan fingerprint density at radius 3 is 2.68 bits per heavy atom. The van der Waals surface area contributed by atoms with Gasteiger partial charge in [-0.2, -0.15) is 5.10 Å². The van der Waals surface area contributed by atoms with Crippen LogP contribution in [0.4, 0.5) is 29.7 Å². The molecule has 4 rings (SSSR count). The molecule has 1 amide bonds. The molecule has 3 aromatic rings. The Morgan fingerprint density at radius 2 is 2.00 bits per heavy atom. The van der Waals surface area contributed by atoms with Gasteiger partial charge in [0.15, 0.2) is 11.5 Å². The van der Waals surface area contributed by atoms with E-state index in [4.69, 9.17) is 11.5 Å². The molecule has 8 nitrogen and oxygen atoms in total. The summed E-state index contributed by atoms with van der Waals surface area (Å²) >= 11 is 0.801. The topological polar surface area (TPSA) is 115 Å². The number of piperidine rings is 1. The van der Waals surface area contributed by atoms with E-state index in [2.05, 4.69) is 15.4 Å². The number of nitrogens with one attached hydrogen (secondary N) is 1. The van der Waals surface area contributed by atoms with Gasteiger partial charge < -0.3 is 21.7 Å². The van der Waals surface area contributed by atoms with Crippen LogP contribution in [0, 0.1) is 11.6 Å². The highest BCUT2D eigenvalue weighted by Crippen LogP contribution is 2.34. The molecule has 31 heavy (non-hydrogen) atoms. The number of benzene rings is 1. The summed E-state index contributed by atoms with van der Waals surface area (Å²) in [6.45, 7) is 0.518. The van der Waals surface area contributed by atoms with E-state index >= 15 is 0 Å². The quantitative estimate of drug-likeness (QED) is 0.562. The van der Waals surface area contributed by atoms with Gasteiger partial charge in [-0.3, -0.25) is 9.48 Å². The predicted molar refractivity (Wildman–Crippen MR) is 113 cm³/mol. The molecule has 12 heteroatoms. The lowest BCUT2D eigenvalue weighted by Crippen LogP contribution is -2.48. The smallest absolute Gasteiger partial charge is 0.277 e. The standard InChI is InChI=1S/C19H20F3N7OS/c1-28-19(29-7-9(20)5-10(23)8-29)13(6-25-28)26-17(30)15-16(24)31-18(27-15)14-11(21)3-2-4-12(14)22/h2-4,6,9-10H,5,7-8,23-24H2,1H3,(H,26,30)/t9-,10+/m1/s1. The highest BCUT2D eigenvalue weighted by atomic mass is 32.1. The van der Waals surface area contributed by atoms with Crippen LogP contribution in [0.15, 0.2) is 24.4 Å². The number of rotatable bonds is 4. The fraction of sp³-hybridized carbons (Fsp3) is 0.316. The van der Waals surface area contributed by atoms with Crippen LogP contribution in [-0.2, 0) is 7.05 Å². The molecule has 1 aliphatic heterocycles. The minimum Gasteiger partial charge on any atom is -0.389 e. The Bertz CT molecular complexity index is 1100. The average Bonchev–Trinajstić information content (AvgIpc) is 3.23. The fourth-order valence-corrected chi connectivity index (χ4v) is 4.50. The Morgan fingerprint density at radius 1 is 1.29 bits per heavy atom. The lowest BCUT2D eigenvalue weighted by atomic mass is 10.1. The molecule has 2 aromatic heterocycles. The molecule has 1 aromatic carbocycles. The van der Waals surface area contributed by atoms with Gasteiger partial charge in [-0.15, -0.1) is 0 Å². The van der Waals surface area contributed by atoms with Gasteiger partial charge >= 0.3 is 0 Å². The second kappa shape index (κ2) is 8.19. The van der Waals surface area contributed by atoms with Crippen molar-refractivity contribution in [3.63, 3.8) is 0 Å². The maximum absolute atomic E-state index is 14.1. The molecule has 1 fully saturated rings. The lowest BCUT2D eigenvalue weighted by molar-refractivity contribution is 0.102. The first-order chi connectivity index (χ1) is 14.7. The number of aryl methyl sites for hydroxylation is 1. The molecule has 164 valence electrons. The van der Waals surface area contributed by atoms with Crippen LogP contribution in [-0.4, -0.2) is 46.0 Å². The maximum Gasteiger partial charge on any atom is 0.277 e. The molecule has 2 atom stereocenters. The van der Waals surface area contributed by atoms with E-state index < -0.39 is 23.7 Å². The third-order valence-corrected chi connectivity index (χ3v) is 5.83. The van der Waals surface area contributed by atoms with Crippen LogP contribution in [0.5, 0.6) is 0 Å². The van der Waals surface area contributed by atoms with Crippen molar-refractivity contribution < 1.29 is 18.0 Å². The minimum absolute atomic E-state index is 0.00408. The zero-order valence-corrected chi connectivity index (χ0v) is 17.3. The number of anilines is 3. The molecule has 0 saturated carbocycles. The number of hydrogen-bond donors (Lipinski definition) is 3. The number of nitrogens with two attached hydrogens (primary N) is 2. The fourth-order valence-electron chi connectivity index (χ4n) is 3.63.